The molecule has 0 aliphatic carbocycles. The fraction of sp³-hybridized carbons (Fsp3) is 0.182. The second-order valence-corrected chi connectivity index (χ2v) is 5.80. The van der Waals surface area contributed by atoms with Crippen molar-refractivity contribution in [1.29, 1.82) is 0 Å². The van der Waals surface area contributed by atoms with Crippen molar-refractivity contribution < 1.29 is 14.4 Å². The Balaban J connectivity index is 2.16. The number of amides is 1. The van der Waals surface area contributed by atoms with E-state index in [2.05, 4.69) is 11.7 Å². The number of oxime groups is 1. The Morgan fingerprint density at radius 1 is 1.15 bits per heavy atom. The van der Waals surface area contributed by atoms with Crippen molar-refractivity contribution in [2.75, 3.05) is 25.7 Å². The topological polar surface area (TPSA) is 51.1 Å². The van der Waals surface area contributed by atoms with Gasteiger partial charge in [-0.15, -0.1) is 0 Å². The van der Waals surface area contributed by atoms with Gasteiger partial charge in [-0.25, -0.2) is 4.79 Å². The smallest absolute Gasteiger partial charge is 0.413 e. The Morgan fingerprint density at radius 3 is 2.52 bits per heavy atom. The highest BCUT2D eigenvalue weighted by molar-refractivity contribution is 5.98. The van der Waals surface area contributed by atoms with Gasteiger partial charge in [0, 0.05) is 7.05 Å². The van der Waals surface area contributed by atoms with Crippen molar-refractivity contribution in [3.05, 3.63) is 77.9 Å². The summed E-state index contributed by atoms with van der Waals surface area (Å²) in [5.74, 6) is 0. The molecular weight excluding hydrogens is 340 g/mol. The lowest BCUT2D eigenvalue weighted by Crippen LogP contribution is -2.26. The van der Waals surface area contributed by atoms with Crippen molar-refractivity contribution in [3.63, 3.8) is 0 Å². The second-order valence-electron chi connectivity index (χ2n) is 5.80. The van der Waals surface area contributed by atoms with E-state index in [9.17, 15) is 4.79 Å². The lowest BCUT2D eigenvalue weighted by molar-refractivity contribution is 0.175. The van der Waals surface area contributed by atoms with Crippen LogP contribution in [-0.4, -0.2) is 32.6 Å². The number of carbonyl (C=O) groups excluding carboxylic acids is 1. The van der Waals surface area contributed by atoms with Crippen LogP contribution < -0.4 is 4.90 Å². The van der Waals surface area contributed by atoms with Crippen LogP contribution in [0.4, 0.5) is 10.5 Å². The van der Waals surface area contributed by atoms with Crippen LogP contribution in [0.3, 0.4) is 0 Å². The number of nitrogens with zero attached hydrogens (tertiary/aromatic N) is 2. The van der Waals surface area contributed by atoms with Gasteiger partial charge in [-0.1, -0.05) is 72.4 Å². The van der Waals surface area contributed by atoms with Crippen LogP contribution in [0, 0.1) is 0 Å². The van der Waals surface area contributed by atoms with Crippen LogP contribution in [0.15, 0.2) is 66.3 Å². The number of rotatable bonds is 7. The monoisotopic (exact) mass is 364 g/mol. The van der Waals surface area contributed by atoms with Crippen molar-refractivity contribution in [2.45, 2.75) is 6.92 Å². The molecule has 0 aliphatic heterocycles. The summed E-state index contributed by atoms with van der Waals surface area (Å²) in [6.07, 6.45) is 5.21. The molecule has 0 atom stereocenters. The van der Waals surface area contributed by atoms with E-state index in [0.29, 0.717) is 6.61 Å². The molecule has 0 heterocycles. The Labute approximate surface area is 160 Å². The van der Waals surface area contributed by atoms with Gasteiger partial charge in [0.15, 0.2) is 0 Å². The average molecular weight is 364 g/mol. The highest BCUT2D eigenvalue weighted by Crippen LogP contribution is 2.22. The third-order valence-corrected chi connectivity index (χ3v) is 3.92. The summed E-state index contributed by atoms with van der Waals surface area (Å²) in [5, 5.41) is 4.04. The summed E-state index contributed by atoms with van der Waals surface area (Å²) in [6, 6.07) is 15.6. The van der Waals surface area contributed by atoms with E-state index in [-0.39, 0.29) is 0 Å². The molecule has 5 heteroatoms. The highest BCUT2D eigenvalue weighted by Gasteiger charge is 2.12. The molecule has 0 aromatic heterocycles. The van der Waals surface area contributed by atoms with Gasteiger partial charge in [0.25, 0.3) is 0 Å². The van der Waals surface area contributed by atoms with Crippen LogP contribution in [0.1, 0.15) is 23.6 Å². The first-order chi connectivity index (χ1) is 13.1. The van der Waals surface area contributed by atoms with Gasteiger partial charge in [0.1, 0.15) is 6.61 Å². The minimum Gasteiger partial charge on any atom is -0.452 e. The first-order valence-corrected chi connectivity index (χ1v) is 8.53. The molecule has 0 bridgehead atoms. The molecule has 1 amide bonds. The van der Waals surface area contributed by atoms with Crippen molar-refractivity contribution in [2.24, 2.45) is 5.16 Å². The van der Waals surface area contributed by atoms with Gasteiger partial charge < -0.3 is 9.57 Å². The maximum atomic E-state index is 11.8. The quantitative estimate of drug-likeness (QED) is 0.229. The van der Waals surface area contributed by atoms with Crippen LogP contribution in [0.25, 0.3) is 12.2 Å². The molecule has 140 valence electrons. The summed E-state index contributed by atoms with van der Waals surface area (Å²) >= 11 is 0. The standard InChI is InChI=1S/C22H24N2O3/c1-5-16-27-23-17(2)19-13-10-18(11-14-19)12-15-20-8-6-7-9-21(20)24(3)22(25)26-4/h5-15H,1,16H2,2-4H3. The summed E-state index contributed by atoms with van der Waals surface area (Å²) in [6.45, 7) is 5.87. The van der Waals surface area contributed by atoms with Crippen LogP contribution in [-0.2, 0) is 9.57 Å². The van der Waals surface area contributed by atoms with E-state index in [4.69, 9.17) is 9.57 Å². The molecule has 0 fully saturated rings. The number of benzene rings is 2. The SMILES string of the molecule is C=CCON=C(C)c1ccc(C=Cc2ccccc2N(C)C(=O)OC)cc1. The lowest BCUT2D eigenvalue weighted by Gasteiger charge is -2.17. The van der Waals surface area contributed by atoms with Crippen LogP contribution >= 0.6 is 0 Å². The van der Waals surface area contributed by atoms with E-state index >= 15 is 0 Å². The molecule has 0 aliphatic rings. The second kappa shape index (κ2) is 9.97. The van der Waals surface area contributed by atoms with E-state index in [1.54, 1.807) is 13.1 Å². The average Bonchev–Trinajstić information content (AvgIpc) is 2.71. The lowest BCUT2D eigenvalue weighted by atomic mass is 10.1. The number of hydrogen-bond donors (Lipinski definition) is 0. The van der Waals surface area contributed by atoms with Gasteiger partial charge in [-0.05, 0) is 29.7 Å². The minimum atomic E-state index is -0.409. The predicted molar refractivity (Wildman–Crippen MR) is 111 cm³/mol. The third-order valence-electron chi connectivity index (χ3n) is 3.92. The highest BCUT2D eigenvalue weighted by atomic mass is 16.6. The summed E-state index contributed by atoms with van der Waals surface area (Å²) in [4.78, 5) is 18.4. The number of methoxy groups -OCH3 is 1. The maximum absolute atomic E-state index is 11.8. The maximum Gasteiger partial charge on any atom is 0.413 e. The third kappa shape index (κ3) is 5.57. The first-order valence-electron chi connectivity index (χ1n) is 8.53. The number of anilines is 1. The van der Waals surface area contributed by atoms with Crippen molar-refractivity contribution in [1.82, 2.24) is 0 Å². The first kappa shape index (κ1) is 20.0. The Hall–Kier alpha value is -3.34. The molecule has 5 nitrogen and oxygen atoms in total. The molecule has 0 saturated carbocycles. The van der Waals surface area contributed by atoms with Gasteiger partial charge in [-0.2, -0.15) is 0 Å². The molecule has 0 radical (unpaired) electrons. The zero-order chi connectivity index (χ0) is 19.6. The largest absolute Gasteiger partial charge is 0.452 e. The molecule has 2 aromatic rings. The molecule has 27 heavy (non-hydrogen) atoms. The summed E-state index contributed by atoms with van der Waals surface area (Å²) < 4.78 is 4.79. The zero-order valence-electron chi connectivity index (χ0n) is 15.9. The van der Waals surface area contributed by atoms with Gasteiger partial charge in [-0.3, -0.25) is 4.90 Å². The van der Waals surface area contributed by atoms with E-state index < -0.39 is 6.09 Å². The normalized spacial score (nSPS) is 11.3. The van der Waals surface area contributed by atoms with Crippen LogP contribution in [0.2, 0.25) is 0 Å². The van der Waals surface area contributed by atoms with Crippen molar-refractivity contribution in [3.8, 4) is 0 Å². The predicted octanol–water partition coefficient (Wildman–Crippen LogP) is 4.99. The number of carbonyl (C=O) groups is 1. The van der Waals surface area contributed by atoms with E-state index in [0.717, 1.165) is 28.1 Å². The molecule has 0 unspecified atom stereocenters. The molecule has 2 aromatic carbocycles. The van der Waals surface area contributed by atoms with Gasteiger partial charge >= 0.3 is 6.09 Å². The molecule has 0 saturated heterocycles. The van der Waals surface area contributed by atoms with Gasteiger partial charge in [0.2, 0.25) is 0 Å². The number of para-hydroxylation sites is 1. The van der Waals surface area contributed by atoms with Gasteiger partial charge in [0.05, 0.1) is 18.5 Å². The van der Waals surface area contributed by atoms with E-state index in [1.165, 1.54) is 12.0 Å². The number of hydrogen-bond acceptors (Lipinski definition) is 4. The molecular formula is C22H24N2O3. The Kier molecular flexibility index (Phi) is 7.37. The Bertz CT molecular complexity index is 839. The zero-order valence-corrected chi connectivity index (χ0v) is 15.9. The van der Waals surface area contributed by atoms with E-state index in [1.807, 2.05) is 67.6 Å². The van der Waals surface area contributed by atoms with Crippen molar-refractivity contribution >= 4 is 29.6 Å². The number of ether oxygens (including phenoxy) is 1. The Morgan fingerprint density at radius 2 is 1.85 bits per heavy atom. The molecule has 0 spiro atoms. The summed E-state index contributed by atoms with van der Waals surface area (Å²) in [5.41, 5.74) is 4.53. The fourth-order valence-electron chi connectivity index (χ4n) is 2.43. The minimum absolute atomic E-state index is 0.386. The fourth-order valence-corrected chi connectivity index (χ4v) is 2.43. The molecule has 2 rings (SSSR count). The summed E-state index contributed by atoms with van der Waals surface area (Å²) in [7, 11) is 3.05. The molecule has 0 N–H and O–H groups in total. The van der Waals surface area contributed by atoms with Crippen LogP contribution in [0.5, 0.6) is 0 Å².